The monoisotopic (exact) mass is 960 g/mol. The van der Waals surface area contributed by atoms with Crippen molar-refractivity contribution in [2.24, 2.45) is 0 Å². The topological polar surface area (TPSA) is 0 Å². The van der Waals surface area contributed by atoms with E-state index >= 15 is 0 Å². The van der Waals surface area contributed by atoms with E-state index in [1.165, 1.54) is 0 Å². The van der Waals surface area contributed by atoms with Crippen molar-refractivity contribution in [3.8, 4) is 0 Å². The molecular weight excluding hydrogens is 956 g/mol. The molecule has 0 nitrogen and oxygen atoms in total. The summed E-state index contributed by atoms with van der Waals surface area (Å²) in [6, 6.07) is 0. The first-order valence-corrected chi connectivity index (χ1v) is 0. The molecule has 0 heterocycles. The average Bonchev–Trinajstić information content (AvgIpc) is 0. The molecule has 0 aliphatic heterocycles. The van der Waals surface area contributed by atoms with Gasteiger partial charge in [0.15, 0.2) is 0 Å². The molecule has 0 saturated carbocycles. The number of hydrogen-bond donors (Lipinski definition) is 0. The van der Waals surface area contributed by atoms with Gasteiger partial charge in [-0.2, -0.15) is 0 Å². The second-order valence-corrected chi connectivity index (χ2v) is 0. The number of hydrogen-bond acceptors (Lipinski definition) is 0. The van der Waals surface area contributed by atoms with Crippen molar-refractivity contribution in [2.75, 3.05) is 0 Å². The molecule has 0 unspecified atom stereocenters. The first-order valence-electron chi connectivity index (χ1n) is 0. The van der Waals surface area contributed by atoms with E-state index in [4.69, 9.17) is 0 Å². The van der Waals surface area contributed by atoms with E-state index in [9.17, 15) is 0 Å². The fraction of sp³-hybridized carbons (Fsp3) is 0. The van der Waals surface area contributed by atoms with Crippen LogP contribution in [0.3, 0.4) is 0 Å². The zero-order valence-electron chi connectivity index (χ0n) is 2.80. The molecule has 7 heteroatoms. The van der Waals surface area contributed by atoms with Crippen LogP contribution in [0.5, 0.6) is 0 Å². The molecular formula is H3BiCeCuDyGdHoNi. The minimum absolute atomic E-state index is 0. The van der Waals surface area contributed by atoms with Crippen molar-refractivity contribution in [2.45, 2.75) is 0 Å². The Bertz CT molecular complexity index is 19.7. The normalized spacial score (nSPS) is 0. The van der Waals surface area contributed by atoms with Gasteiger partial charge in [-0.15, -0.1) is 0 Å². The maximum Gasteiger partial charge on any atom is 0 e. The van der Waals surface area contributed by atoms with Gasteiger partial charge in [0.2, 0.25) is 0 Å². The summed E-state index contributed by atoms with van der Waals surface area (Å²) in [4.78, 5) is 0. The van der Waals surface area contributed by atoms with Crippen molar-refractivity contribution in [3.63, 3.8) is 0 Å². The van der Waals surface area contributed by atoms with Crippen molar-refractivity contribution < 1.29 is 191 Å². The maximum absolute atomic E-state index is 0. The van der Waals surface area contributed by atoms with Crippen LogP contribution in [-0.2, 0) is 33.6 Å². The van der Waals surface area contributed by atoms with E-state index in [0.29, 0.717) is 0 Å². The Kier molecular flexibility index (Phi) is 260. The van der Waals surface area contributed by atoms with Gasteiger partial charge in [0.05, 0.1) is 0 Å². The van der Waals surface area contributed by atoms with Gasteiger partial charge in [0, 0.05) is 191 Å². The van der Waals surface area contributed by atoms with Gasteiger partial charge >= 0.3 is 26.2 Å². The Morgan fingerprint density at radius 3 is 1.00 bits per heavy atom. The van der Waals surface area contributed by atoms with Crippen LogP contribution in [0.4, 0.5) is 0 Å². The zero-order valence-corrected chi connectivity index (χ0v) is 19.6. The molecule has 0 amide bonds. The molecule has 0 aliphatic rings. The number of rotatable bonds is 0. The molecule has 0 rings (SSSR count). The molecule has 7 heavy (non-hydrogen) atoms. The Morgan fingerprint density at radius 1 is 1.00 bits per heavy atom. The summed E-state index contributed by atoms with van der Waals surface area (Å²) >= 11 is 0. The van der Waals surface area contributed by atoms with Gasteiger partial charge in [-0.3, -0.25) is 0 Å². The Hall–Kier alpha value is 7.13. The third-order valence-corrected chi connectivity index (χ3v) is 0. The van der Waals surface area contributed by atoms with Crippen LogP contribution in [0.15, 0.2) is 0 Å². The second kappa shape index (κ2) is 38.0. The first-order chi connectivity index (χ1) is 0. The third kappa shape index (κ3) is 32.0. The van der Waals surface area contributed by atoms with Crippen LogP contribution in [0.25, 0.3) is 0 Å². The minimum atomic E-state index is 0. The van der Waals surface area contributed by atoms with Gasteiger partial charge < -0.3 is 0 Å². The Labute approximate surface area is 210 Å². The van der Waals surface area contributed by atoms with Crippen molar-refractivity contribution >= 4 is 26.2 Å². The van der Waals surface area contributed by atoms with E-state index in [1.807, 2.05) is 0 Å². The van der Waals surface area contributed by atoms with Gasteiger partial charge in [-0.25, -0.2) is 0 Å². The fourth-order valence-electron chi connectivity index (χ4n) is 0. The van der Waals surface area contributed by atoms with E-state index in [0.717, 1.165) is 0 Å². The van der Waals surface area contributed by atoms with E-state index in [-0.39, 0.29) is 217 Å². The molecule has 0 aliphatic carbocycles. The van der Waals surface area contributed by atoms with Crippen molar-refractivity contribution in [1.82, 2.24) is 0 Å². The van der Waals surface area contributed by atoms with E-state index < -0.39 is 0 Å². The summed E-state index contributed by atoms with van der Waals surface area (Å²) in [6.45, 7) is 0. The molecule has 0 aromatic rings. The van der Waals surface area contributed by atoms with Crippen LogP contribution in [0.1, 0.15) is 0 Å². The summed E-state index contributed by atoms with van der Waals surface area (Å²) in [5.41, 5.74) is 0. The Balaban J connectivity index is 0. The van der Waals surface area contributed by atoms with Gasteiger partial charge in [-0.1, -0.05) is 0 Å². The van der Waals surface area contributed by atoms with Crippen LogP contribution in [0.2, 0.25) is 0 Å². The van der Waals surface area contributed by atoms with Gasteiger partial charge in [-0.05, 0) is 0 Å². The van der Waals surface area contributed by atoms with Crippen LogP contribution in [0, 0.1) is 158 Å². The maximum atomic E-state index is 0. The molecule has 0 N–H and O–H groups in total. The molecule has 0 aromatic carbocycles. The van der Waals surface area contributed by atoms with Crippen LogP contribution >= 0.6 is 0 Å². The summed E-state index contributed by atoms with van der Waals surface area (Å²) in [6.07, 6.45) is 0. The summed E-state index contributed by atoms with van der Waals surface area (Å²) in [5.74, 6) is 0. The molecule has 2 radical (unpaired) electrons. The largest absolute Gasteiger partial charge is 0 e. The molecule has 0 fully saturated rings. The predicted octanol–water partition coefficient (Wildman–Crippen LogP) is -1.19. The SMILES string of the molecule is [BiH3].[Ce].[Cu].[Dy].[Gd].[Ho].[Ni]. The summed E-state index contributed by atoms with van der Waals surface area (Å²) in [5, 5.41) is 0. The second-order valence-electron chi connectivity index (χ2n) is 0. The zero-order chi connectivity index (χ0) is 0. The van der Waals surface area contributed by atoms with Gasteiger partial charge in [0.25, 0.3) is 0 Å². The minimum Gasteiger partial charge on any atom is 0 e. The smallest absolute Gasteiger partial charge is 0 e. The standard InChI is InChI=1S/Bi.Ce.Cu.Dy.Gd.Ho.Ni.3H. The van der Waals surface area contributed by atoms with E-state index in [2.05, 4.69) is 0 Å². The fourth-order valence-corrected chi connectivity index (χ4v) is 0. The van der Waals surface area contributed by atoms with Crippen LogP contribution < -0.4 is 0 Å². The molecule has 0 atom stereocenters. The predicted molar refractivity (Wildman–Crippen MR) is 9.94 cm³/mol. The van der Waals surface area contributed by atoms with E-state index in [1.54, 1.807) is 0 Å². The molecule has 0 spiro atoms. The van der Waals surface area contributed by atoms with Crippen LogP contribution in [-0.4, -0.2) is 26.2 Å². The summed E-state index contributed by atoms with van der Waals surface area (Å²) in [7, 11) is 0. The average molecular weight is 959 g/mol. The molecule has 62 valence electrons. The van der Waals surface area contributed by atoms with Gasteiger partial charge in [0.1, 0.15) is 0 Å². The molecule has 0 aromatic heterocycles. The third-order valence-electron chi connectivity index (χ3n) is 0. The summed E-state index contributed by atoms with van der Waals surface area (Å²) < 4.78 is 0. The van der Waals surface area contributed by atoms with Crippen molar-refractivity contribution in [3.05, 3.63) is 0 Å². The quantitative estimate of drug-likeness (QED) is 0.269. The first kappa shape index (κ1) is 47.9. The molecule has 0 saturated heterocycles. The van der Waals surface area contributed by atoms with Crippen molar-refractivity contribution in [1.29, 1.82) is 0 Å². The Morgan fingerprint density at radius 2 is 1.00 bits per heavy atom. The molecule has 0 bridgehead atoms.